The zero-order chi connectivity index (χ0) is 13.3. The Morgan fingerprint density at radius 1 is 1.61 bits per heavy atom. The van der Waals surface area contributed by atoms with E-state index in [0.717, 1.165) is 56.8 Å². The lowest BCUT2D eigenvalue weighted by Gasteiger charge is -2.36. The van der Waals surface area contributed by atoms with Crippen LogP contribution in [0.4, 0.5) is 0 Å². The molecule has 1 unspecified atom stereocenters. The predicted molar refractivity (Wildman–Crippen MR) is 80.0 cm³/mol. The van der Waals surface area contributed by atoms with Crippen molar-refractivity contribution in [1.82, 2.24) is 10.6 Å². The average molecular weight is 270 g/mol. The van der Waals surface area contributed by atoms with E-state index in [-0.39, 0.29) is 11.3 Å². The number of rotatable bonds is 8. The van der Waals surface area contributed by atoms with Gasteiger partial charge in [-0.15, -0.1) is 6.58 Å². The van der Waals surface area contributed by atoms with E-state index < -0.39 is 0 Å². The first kappa shape index (κ1) is 15.6. The molecular formula is C14H26N2OS. The van der Waals surface area contributed by atoms with E-state index in [1.165, 1.54) is 0 Å². The van der Waals surface area contributed by atoms with Gasteiger partial charge in [-0.25, -0.2) is 0 Å². The minimum Gasteiger partial charge on any atom is -0.355 e. The van der Waals surface area contributed by atoms with Crippen molar-refractivity contribution < 1.29 is 4.79 Å². The number of piperidine rings is 1. The van der Waals surface area contributed by atoms with Gasteiger partial charge in [-0.3, -0.25) is 4.79 Å². The van der Waals surface area contributed by atoms with Gasteiger partial charge in [-0.2, -0.15) is 11.8 Å². The maximum Gasteiger partial charge on any atom is 0.227 e. The summed E-state index contributed by atoms with van der Waals surface area (Å²) >= 11 is 1.81. The van der Waals surface area contributed by atoms with Crippen molar-refractivity contribution in [3.63, 3.8) is 0 Å². The second-order valence-corrected chi connectivity index (χ2v) is 6.08. The Balaban J connectivity index is 2.37. The molecule has 1 aliphatic rings. The number of hydrogen-bond acceptors (Lipinski definition) is 3. The molecule has 4 heteroatoms. The fraction of sp³-hybridized carbons (Fsp3) is 0.786. The first-order valence-corrected chi connectivity index (χ1v) is 8.08. The van der Waals surface area contributed by atoms with Crippen molar-refractivity contribution in [1.29, 1.82) is 0 Å². The maximum absolute atomic E-state index is 12.4. The maximum atomic E-state index is 12.4. The van der Waals surface area contributed by atoms with Gasteiger partial charge in [-0.05, 0) is 25.8 Å². The zero-order valence-corrected chi connectivity index (χ0v) is 12.3. The van der Waals surface area contributed by atoms with E-state index in [2.05, 4.69) is 24.1 Å². The fourth-order valence-electron chi connectivity index (χ4n) is 2.56. The highest BCUT2D eigenvalue weighted by atomic mass is 32.2. The molecule has 1 heterocycles. The summed E-state index contributed by atoms with van der Waals surface area (Å²) in [4.78, 5) is 12.4. The summed E-state index contributed by atoms with van der Waals surface area (Å²) in [6, 6.07) is 0. The van der Waals surface area contributed by atoms with Gasteiger partial charge in [-0.1, -0.05) is 19.4 Å². The molecule has 2 N–H and O–H groups in total. The molecule has 18 heavy (non-hydrogen) atoms. The molecule has 0 aromatic heterocycles. The first-order chi connectivity index (χ1) is 8.75. The Bertz CT molecular complexity index is 257. The smallest absolute Gasteiger partial charge is 0.227 e. The number of amides is 1. The van der Waals surface area contributed by atoms with Crippen LogP contribution in [0.25, 0.3) is 0 Å². The molecule has 1 amide bonds. The predicted octanol–water partition coefficient (Wildman–Crippen LogP) is 2.19. The lowest BCUT2D eigenvalue weighted by atomic mass is 9.76. The highest BCUT2D eigenvalue weighted by Gasteiger charge is 2.38. The summed E-state index contributed by atoms with van der Waals surface area (Å²) in [5.74, 6) is 2.17. The van der Waals surface area contributed by atoms with E-state index in [9.17, 15) is 4.79 Å². The van der Waals surface area contributed by atoms with Crippen molar-refractivity contribution in [3.8, 4) is 0 Å². The largest absolute Gasteiger partial charge is 0.355 e. The molecule has 0 spiro atoms. The van der Waals surface area contributed by atoms with Crippen LogP contribution >= 0.6 is 11.8 Å². The SMILES string of the molecule is C=CCSCCNC(=O)C1(CCC)CCCNC1. The van der Waals surface area contributed by atoms with Crippen LogP contribution < -0.4 is 10.6 Å². The Kier molecular flexibility index (Phi) is 7.44. The minimum absolute atomic E-state index is 0.157. The summed E-state index contributed by atoms with van der Waals surface area (Å²) in [6.45, 7) is 8.50. The quantitative estimate of drug-likeness (QED) is 0.525. The summed E-state index contributed by atoms with van der Waals surface area (Å²) in [6.07, 6.45) is 6.10. The molecule has 0 saturated carbocycles. The van der Waals surface area contributed by atoms with Crippen LogP contribution in [-0.4, -0.2) is 37.0 Å². The van der Waals surface area contributed by atoms with Crippen molar-refractivity contribution in [2.45, 2.75) is 32.6 Å². The Hall–Kier alpha value is -0.480. The monoisotopic (exact) mass is 270 g/mol. The van der Waals surface area contributed by atoms with Crippen molar-refractivity contribution in [3.05, 3.63) is 12.7 Å². The molecule has 1 rings (SSSR count). The molecule has 0 aliphatic carbocycles. The van der Waals surface area contributed by atoms with Gasteiger partial charge < -0.3 is 10.6 Å². The molecule has 1 saturated heterocycles. The lowest BCUT2D eigenvalue weighted by molar-refractivity contribution is -0.132. The molecule has 1 fully saturated rings. The van der Waals surface area contributed by atoms with E-state index in [0.29, 0.717) is 0 Å². The van der Waals surface area contributed by atoms with Gasteiger partial charge in [0.2, 0.25) is 5.91 Å². The molecule has 1 atom stereocenters. The number of carbonyl (C=O) groups excluding carboxylic acids is 1. The van der Waals surface area contributed by atoms with Gasteiger partial charge in [0.1, 0.15) is 0 Å². The van der Waals surface area contributed by atoms with Crippen LogP contribution in [0.5, 0.6) is 0 Å². The Morgan fingerprint density at radius 3 is 3.06 bits per heavy atom. The molecule has 0 radical (unpaired) electrons. The third kappa shape index (κ3) is 4.65. The highest BCUT2D eigenvalue weighted by Crippen LogP contribution is 2.31. The molecule has 0 bridgehead atoms. The van der Waals surface area contributed by atoms with E-state index in [1.807, 2.05) is 6.08 Å². The van der Waals surface area contributed by atoms with Gasteiger partial charge in [0, 0.05) is 24.6 Å². The van der Waals surface area contributed by atoms with Gasteiger partial charge in [0.05, 0.1) is 5.41 Å². The molecule has 0 aromatic rings. The molecule has 3 nitrogen and oxygen atoms in total. The highest BCUT2D eigenvalue weighted by molar-refractivity contribution is 7.99. The average Bonchev–Trinajstić information content (AvgIpc) is 2.39. The summed E-state index contributed by atoms with van der Waals surface area (Å²) in [5, 5.41) is 6.48. The molecule has 1 aliphatic heterocycles. The van der Waals surface area contributed by atoms with E-state index in [1.54, 1.807) is 11.8 Å². The standard InChI is InChI=1S/C14H26N2OS/c1-3-6-14(7-5-8-15-12-14)13(17)16-9-11-18-10-4-2/h4,15H,2-3,5-12H2,1H3,(H,16,17). The summed E-state index contributed by atoms with van der Waals surface area (Å²) in [7, 11) is 0. The Morgan fingerprint density at radius 2 is 2.44 bits per heavy atom. The first-order valence-electron chi connectivity index (χ1n) is 6.93. The van der Waals surface area contributed by atoms with Crippen LogP contribution in [0.1, 0.15) is 32.6 Å². The normalized spacial score (nSPS) is 23.6. The van der Waals surface area contributed by atoms with E-state index in [4.69, 9.17) is 0 Å². The molecular weight excluding hydrogens is 244 g/mol. The van der Waals surface area contributed by atoms with Gasteiger partial charge in [0.25, 0.3) is 0 Å². The van der Waals surface area contributed by atoms with Crippen LogP contribution in [0.15, 0.2) is 12.7 Å². The Labute approximate surface area is 115 Å². The lowest BCUT2D eigenvalue weighted by Crippen LogP contribution is -2.50. The molecule has 0 aromatic carbocycles. The van der Waals surface area contributed by atoms with Crippen molar-refractivity contribution in [2.24, 2.45) is 5.41 Å². The van der Waals surface area contributed by atoms with Crippen LogP contribution in [0.3, 0.4) is 0 Å². The van der Waals surface area contributed by atoms with Crippen LogP contribution in [-0.2, 0) is 4.79 Å². The third-order valence-corrected chi connectivity index (χ3v) is 4.41. The molecule has 104 valence electrons. The second kappa shape index (κ2) is 8.59. The summed E-state index contributed by atoms with van der Waals surface area (Å²) in [5.41, 5.74) is -0.157. The summed E-state index contributed by atoms with van der Waals surface area (Å²) < 4.78 is 0. The number of carbonyl (C=O) groups is 1. The zero-order valence-electron chi connectivity index (χ0n) is 11.5. The minimum atomic E-state index is -0.157. The number of thioether (sulfide) groups is 1. The number of hydrogen-bond donors (Lipinski definition) is 2. The number of nitrogens with one attached hydrogen (secondary N) is 2. The third-order valence-electron chi connectivity index (χ3n) is 3.45. The van der Waals surface area contributed by atoms with Crippen molar-refractivity contribution >= 4 is 17.7 Å². The second-order valence-electron chi connectivity index (χ2n) is 4.93. The van der Waals surface area contributed by atoms with Gasteiger partial charge >= 0.3 is 0 Å². The van der Waals surface area contributed by atoms with Gasteiger partial charge in [0.15, 0.2) is 0 Å². The van der Waals surface area contributed by atoms with Crippen molar-refractivity contribution in [2.75, 3.05) is 31.1 Å². The topological polar surface area (TPSA) is 41.1 Å². The van der Waals surface area contributed by atoms with E-state index >= 15 is 0 Å². The van der Waals surface area contributed by atoms with Crippen LogP contribution in [0, 0.1) is 5.41 Å². The van der Waals surface area contributed by atoms with Crippen LogP contribution in [0.2, 0.25) is 0 Å². The fourth-order valence-corrected chi connectivity index (χ4v) is 3.14.